The monoisotopic (exact) mass is 389 g/mol. The van der Waals surface area contributed by atoms with E-state index in [9.17, 15) is 8.78 Å². The summed E-state index contributed by atoms with van der Waals surface area (Å²) in [6.45, 7) is 0.691. The van der Waals surface area contributed by atoms with Crippen LogP contribution in [-0.2, 0) is 12.0 Å². The largest absolute Gasteiger partial charge is 0.352 e. The maximum atomic E-state index is 14.2. The van der Waals surface area contributed by atoms with Crippen molar-refractivity contribution in [1.82, 2.24) is 25.1 Å². The molecule has 3 aromatic heterocycles. The fourth-order valence-corrected chi connectivity index (χ4v) is 3.95. The van der Waals surface area contributed by atoms with Crippen molar-refractivity contribution < 1.29 is 8.78 Å². The lowest BCUT2D eigenvalue weighted by Crippen LogP contribution is -2.49. The molecule has 7 nitrogen and oxygen atoms in total. The molecule has 1 aliphatic carbocycles. The molecule has 0 radical (unpaired) electrons. The number of nitrogens with zero attached hydrogens (tertiary/aromatic N) is 5. The minimum atomic E-state index is -0.962. The van der Waals surface area contributed by atoms with Crippen LogP contribution in [-0.4, -0.2) is 37.9 Å². The summed E-state index contributed by atoms with van der Waals surface area (Å²) in [5.74, 6) is -0.146. The summed E-state index contributed by atoms with van der Waals surface area (Å²) in [4.78, 5) is 13.5. The van der Waals surface area contributed by atoms with E-state index in [-0.39, 0.29) is 31.0 Å². The summed E-state index contributed by atoms with van der Waals surface area (Å²) in [6.07, 6.45) is 4.23. The molecule has 1 saturated carbocycles. The predicted octanol–water partition coefficient (Wildman–Crippen LogP) is 2.47. The Morgan fingerprint density at radius 3 is 2.70 bits per heavy atom. The number of rotatable bonds is 6. The van der Waals surface area contributed by atoms with Gasteiger partial charge in [-0.3, -0.25) is 4.98 Å². The Balaban J connectivity index is 1.48. The number of nitrogens with one attached hydrogen (secondary N) is 1. The molecule has 0 bridgehead atoms. The van der Waals surface area contributed by atoms with Gasteiger partial charge in [0.1, 0.15) is 22.7 Å². The molecule has 3 heterocycles. The van der Waals surface area contributed by atoms with Crippen LogP contribution < -0.4 is 11.1 Å². The summed E-state index contributed by atoms with van der Waals surface area (Å²) in [7, 11) is 0. The SMILES string of the molecule is NCc1cnc(-c2cnc(NC[C@]3(c4ncccc4F)C[C@H](F)C3)nn2)s1. The van der Waals surface area contributed by atoms with Crippen molar-refractivity contribution in [3.05, 3.63) is 47.1 Å². The van der Waals surface area contributed by atoms with Gasteiger partial charge in [0.05, 0.1) is 11.9 Å². The first-order valence-electron chi connectivity index (χ1n) is 8.43. The molecule has 27 heavy (non-hydrogen) atoms. The average molecular weight is 389 g/mol. The van der Waals surface area contributed by atoms with Crippen LogP contribution in [0.5, 0.6) is 0 Å². The molecule has 0 atom stereocenters. The van der Waals surface area contributed by atoms with E-state index >= 15 is 0 Å². The van der Waals surface area contributed by atoms with Crippen molar-refractivity contribution in [1.29, 1.82) is 0 Å². The Morgan fingerprint density at radius 1 is 1.22 bits per heavy atom. The second-order valence-electron chi connectivity index (χ2n) is 6.48. The van der Waals surface area contributed by atoms with Gasteiger partial charge in [0, 0.05) is 35.8 Å². The second kappa shape index (κ2) is 7.20. The van der Waals surface area contributed by atoms with Crippen molar-refractivity contribution in [2.45, 2.75) is 31.0 Å². The molecule has 10 heteroatoms. The Labute approximate surface area is 158 Å². The third-order valence-electron chi connectivity index (χ3n) is 4.61. The lowest BCUT2D eigenvalue weighted by Gasteiger charge is -2.43. The number of hydrogen-bond donors (Lipinski definition) is 2. The van der Waals surface area contributed by atoms with E-state index in [2.05, 4.69) is 30.5 Å². The molecule has 140 valence electrons. The van der Waals surface area contributed by atoms with E-state index in [1.807, 2.05) is 0 Å². The van der Waals surface area contributed by atoms with E-state index in [0.717, 1.165) is 4.88 Å². The number of halogens is 2. The van der Waals surface area contributed by atoms with Gasteiger partial charge >= 0.3 is 0 Å². The Bertz CT molecular complexity index is 925. The van der Waals surface area contributed by atoms with Crippen molar-refractivity contribution in [2.24, 2.45) is 5.73 Å². The molecule has 4 rings (SSSR count). The van der Waals surface area contributed by atoms with Crippen molar-refractivity contribution in [3.8, 4) is 10.7 Å². The summed E-state index contributed by atoms with van der Waals surface area (Å²) in [5.41, 5.74) is 5.69. The quantitative estimate of drug-likeness (QED) is 0.668. The first kappa shape index (κ1) is 17.8. The van der Waals surface area contributed by atoms with Crippen LogP contribution in [0, 0.1) is 5.82 Å². The molecule has 0 aliphatic heterocycles. The number of thiazole rings is 1. The maximum absolute atomic E-state index is 14.2. The second-order valence-corrected chi connectivity index (χ2v) is 7.59. The van der Waals surface area contributed by atoms with Crippen LogP contribution >= 0.6 is 11.3 Å². The van der Waals surface area contributed by atoms with E-state index < -0.39 is 17.4 Å². The van der Waals surface area contributed by atoms with E-state index in [1.165, 1.54) is 29.7 Å². The first-order valence-corrected chi connectivity index (χ1v) is 9.25. The fourth-order valence-electron chi connectivity index (χ4n) is 3.21. The van der Waals surface area contributed by atoms with Crippen LogP contribution in [0.2, 0.25) is 0 Å². The number of hydrogen-bond acceptors (Lipinski definition) is 8. The van der Waals surface area contributed by atoms with Gasteiger partial charge in [0.25, 0.3) is 0 Å². The molecular formula is C17H17F2N7S. The molecule has 1 fully saturated rings. The molecule has 0 aromatic carbocycles. The van der Waals surface area contributed by atoms with Crippen molar-refractivity contribution in [2.75, 3.05) is 11.9 Å². The van der Waals surface area contributed by atoms with E-state index in [4.69, 9.17) is 5.73 Å². The Hall–Kier alpha value is -2.59. The van der Waals surface area contributed by atoms with Gasteiger partial charge < -0.3 is 11.1 Å². The third kappa shape index (κ3) is 3.50. The van der Waals surface area contributed by atoms with Crippen molar-refractivity contribution in [3.63, 3.8) is 0 Å². The lowest BCUT2D eigenvalue weighted by atomic mass is 9.65. The summed E-state index contributed by atoms with van der Waals surface area (Å²) in [6, 6.07) is 2.86. The van der Waals surface area contributed by atoms with Crippen LogP contribution in [0.1, 0.15) is 23.4 Å². The van der Waals surface area contributed by atoms with E-state index in [0.29, 0.717) is 17.2 Å². The highest BCUT2D eigenvalue weighted by molar-refractivity contribution is 7.14. The van der Waals surface area contributed by atoms with Gasteiger partial charge in [-0.05, 0) is 25.0 Å². The summed E-state index contributed by atoms with van der Waals surface area (Å²) in [5, 5.41) is 11.9. The van der Waals surface area contributed by atoms with Gasteiger partial charge in [0.15, 0.2) is 0 Å². The molecule has 3 N–H and O–H groups in total. The predicted molar refractivity (Wildman–Crippen MR) is 97.3 cm³/mol. The first-order chi connectivity index (χ1) is 13.1. The van der Waals surface area contributed by atoms with Gasteiger partial charge in [-0.1, -0.05) is 0 Å². The van der Waals surface area contributed by atoms with Crippen LogP contribution in [0.25, 0.3) is 10.7 Å². The smallest absolute Gasteiger partial charge is 0.242 e. The van der Waals surface area contributed by atoms with Gasteiger partial charge in [-0.25, -0.2) is 18.7 Å². The maximum Gasteiger partial charge on any atom is 0.242 e. The zero-order valence-electron chi connectivity index (χ0n) is 14.3. The number of aromatic nitrogens is 5. The average Bonchev–Trinajstić information content (AvgIpc) is 3.14. The lowest BCUT2D eigenvalue weighted by molar-refractivity contribution is 0.0963. The van der Waals surface area contributed by atoms with Crippen LogP contribution in [0.4, 0.5) is 14.7 Å². The highest BCUT2D eigenvalue weighted by Gasteiger charge is 2.48. The topological polar surface area (TPSA) is 102 Å². The van der Waals surface area contributed by atoms with Gasteiger partial charge in [-0.2, -0.15) is 0 Å². The minimum Gasteiger partial charge on any atom is -0.352 e. The minimum absolute atomic E-state index is 0.209. The highest BCUT2D eigenvalue weighted by atomic mass is 32.1. The Kier molecular flexibility index (Phi) is 4.75. The van der Waals surface area contributed by atoms with Gasteiger partial charge in [-0.15, -0.1) is 21.5 Å². The highest BCUT2D eigenvalue weighted by Crippen LogP contribution is 2.45. The zero-order chi connectivity index (χ0) is 18.9. The number of pyridine rings is 1. The van der Waals surface area contributed by atoms with Crippen LogP contribution in [0.15, 0.2) is 30.7 Å². The molecule has 1 aliphatic rings. The number of alkyl halides is 1. The standard InChI is InChI=1S/C17H17F2N7S/c18-10-4-17(5-10,14-12(19)2-1-3-21-14)9-24-16-23-8-13(25-26-16)15-22-7-11(6-20)27-15/h1-3,7-8,10H,4-6,9,20H2,(H,23,24,26)/t10-,17-. The fraction of sp³-hybridized carbons (Fsp3) is 0.353. The van der Waals surface area contributed by atoms with Gasteiger partial charge in [0.2, 0.25) is 5.95 Å². The Morgan fingerprint density at radius 2 is 2.07 bits per heavy atom. The number of nitrogens with two attached hydrogens (primary N) is 1. The summed E-state index contributed by atoms with van der Waals surface area (Å²) >= 11 is 1.43. The summed E-state index contributed by atoms with van der Waals surface area (Å²) < 4.78 is 27.8. The third-order valence-corrected chi connectivity index (χ3v) is 5.65. The molecule has 0 unspecified atom stereocenters. The molecular weight excluding hydrogens is 372 g/mol. The van der Waals surface area contributed by atoms with Crippen LogP contribution in [0.3, 0.4) is 0 Å². The molecule has 0 amide bonds. The van der Waals surface area contributed by atoms with Crippen molar-refractivity contribution >= 4 is 17.3 Å². The normalized spacial score (nSPS) is 21.7. The number of anilines is 1. The van der Waals surface area contributed by atoms with E-state index in [1.54, 1.807) is 12.4 Å². The molecule has 3 aromatic rings. The molecule has 0 spiro atoms. The molecule has 0 saturated heterocycles. The zero-order valence-corrected chi connectivity index (χ0v) is 15.1.